The normalized spacial score (nSPS) is 16.1. The molecule has 2 rings (SSSR count). The molecule has 1 aromatic rings. The zero-order valence-corrected chi connectivity index (χ0v) is 7.91. The molecule has 0 amide bonds. The topological polar surface area (TPSA) is 37.8 Å². The first-order valence-corrected chi connectivity index (χ1v) is 5.36. The van der Waals surface area contributed by atoms with Gasteiger partial charge in [-0.2, -0.15) is 11.8 Å². The van der Waals surface area contributed by atoms with Crippen LogP contribution in [0.1, 0.15) is 18.2 Å². The highest BCUT2D eigenvalue weighted by atomic mass is 32.2. The predicted molar refractivity (Wildman–Crippen MR) is 50.6 cm³/mol. The van der Waals surface area contributed by atoms with Crippen molar-refractivity contribution in [3.05, 3.63) is 21.6 Å². The average molecular weight is 184 g/mol. The molecule has 1 aliphatic rings. The minimum absolute atomic E-state index is 0.180. The summed E-state index contributed by atoms with van der Waals surface area (Å²) in [5, 5.41) is 3.14. The van der Waals surface area contributed by atoms with Crippen molar-refractivity contribution in [2.24, 2.45) is 0 Å². The molecule has 0 saturated heterocycles. The molecule has 1 aliphatic heterocycles. The Morgan fingerprint density at radius 1 is 1.67 bits per heavy atom. The fourth-order valence-electron chi connectivity index (χ4n) is 1.50. The van der Waals surface area contributed by atoms with Crippen LogP contribution in [-0.4, -0.2) is 15.5 Å². The summed E-state index contributed by atoms with van der Waals surface area (Å²) in [4.78, 5) is 11.6. The molecule has 0 saturated carbocycles. The number of hydrogen-bond donors (Lipinski definition) is 1. The second-order valence-electron chi connectivity index (χ2n) is 2.92. The molecule has 3 nitrogen and oxygen atoms in total. The first-order chi connectivity index (χ1) is 5.83. The zero-order valence-electron chi connectivity index (χ0n) is 7.09. The highest BCUT2D eigenvalue weighted by molar-refractivity contribution is 7.98. The number of aryl methyl sites for hydroxylation is 2. The van der Waals surface area contributed by atoms with E-state index < -0.39 is 0 Å². The van der Waals surface area contributed by atoms with Crippen LogP contribution in [0.4, 0.5) is 0 Å². The predicted octanol–water partition coefficient (Wildman–Crippen LogP) is 0.986. The summed E-state index contributed by atoms with van der Waals surface area (Å²) < 4.78 is 1.69. The Bertz CT molecular complexity index is 339. The maximum Gasteiger partial charge on any atom is 0.270 e. The lowest BCUT2D eigenvalue weighted by Crippen LogP contribution is -2.18. The van der Waals surface area contributed by atoms with Crippen molar-refractivity contribution >= 4 is 11.8 Å². The van der Waals surface area contributed by atoms with E-state index in [0.29, 0.717) is 0 Å². The number of fused-ring (bicyclic) bond motifs is 1. The maximum absolute atomic E-state index is 11.6. The van der Waals surface area contributed by atoms with Gasteiger partial charge in [0, 0.05) is 23.6 Å². The van der Waals surface area contributed by atoms with E-state index >= 15 is 0 Å². The van der Waals surface area contributed by atoms with Crippen molar-refractivity contribution in [2.75, 3.05) is 5.75 Å². The molecular weight excluding hydrogens is 172 g/mol. The van der Waals surface area contributed by atoms with Gasteiger partial charge in [-0.1, -0.05) is 0 Å². The molecule has 4 heteroatoms. The highest BCUT2D eigenvalue weighted by Crippen LogP contribution is 2.19. The van der Waals surface area contributed by atoms with Gasteiger partial charge in [0.15, 0.2) is 0 Å². The number of rotatable bonds is 1. The molecule has 0 unspecified atom stereocenters. The van der Waals surface area contributed by atoms with Gasteiger partial charge < -0.3 is 0 Å². The Balaban J connectivity index is 2.52. The summed E-state index contributed by atoms with van der Waals surface area (Å²) >= 11 is 1.84. The van der Waals surface area contributed by atoms with Crippen molar-refractivity contribution in [1.82, 2.24) is 9.78 Å². The fourth-order valence-corrected chi connectivity index (χ4v) is 2.49. The molecule has 0 bridgehead atoms. The van der Waals surface area contributed by atoms with E-state index in [-0.39, 0.29) is 5.56 Å². The molecule has 2 heterocycles. The van der Waals surface area contributed by atoms with Gasteiger partial charge in [0.05, 0.1) is 0 Å². The van der Waals surface area contributed by atoms with Crippen LogP contribution < -0.4 is 5.56 Å². The standard InChI is InChI=1S/C8H12N2OS/c1-2-10-8(11)6-5-12-4-3-7(6)9-10/h9H,2-5H2,1H3. The summed E-state index contributed by atoms with van der Waals surface area (Å²) in [5.41, 5.74) is 2.33. The van der Waals surface area contributed by atoms with E-state index in [9.17, 15) is 4.79 Å². The van der Waals surface area contributed by atoms with Crippen LogP contribution >= 0.6 is 11.8 Å². The summed E-state index contributed by atoms with van der Waals surface area (Å²) in [5.74, 6) is 2.02. The van der Waals surface area contributed by atoms with Gasteiger partial charge in [-0.05, 0) is 19.1 Å². The Labute approximate surface area is 75.1 Å². The van der Waals surface area contributed by atoms with Crippen LogP contribution in [0.5, 0.6) is 0 Å². The number of hydrogen-bond acceptors (Lipinski definition) is 2. The van der Waals surface area contributed by atoms with Gasteiger partial charge in [0.2, 0.25) is 0 Å². The SMILES string of the molecule is CCn1[nH]c2c(c1=O)CSCC2. The number of nitrogens with one attached hydrogen (secondary N) is 1. The van der Waals surface area contributed by atoms with Crippen LogP contribution in [0.25, 0.3) is 0 Å². The van der Waals surface area contributed by atoms with E-state index in [1.165, 1.54) is 0 Å². The number of thioether (sulfide) groups is 1. The quantitative estimate of drug-likeness (QED) is 0.706. The van der Waals surface area contributed by atoms with E-state index in [1.807, 2.05) is 18.7 Å². The van der Waals surface area contributed by atoms with E-state index in [1.54, 1.807) is 4.68 Å². The van der Waals surface area contributed by atoms with E-state index in [0.717, 1.165) is 35.7 Å². The molecule has 0 aliphatic carbocycles. The second kappa shape index (κ2) is 3.01. The minimum atomic E-state index is 0.180. The third-order valence-electron chi connectivity index (χ3n) is 2.20. The van der Waals surface area contributed by atoms with Gasteiger partial charge in [-0.15, -0.1) is 0 Å². The van der Waals surface area contributed by atoms with Crippen LogP contribution in [0, 0.1) is 0 Å². The highest BCUT2D eigenvalue weighted by Gasteiger charge is 2.16. The van der Waals surface area contributed by atoms with Crippen LogP contribution in [-0.2, 0) is 18.7 Å². The summed E-state index contributed by atoms with van der Waals surface area (Å²) in [6, 6.07) is 0. The number of H-pyrrole nitrogens is 1. The average Bonchev–Trinajstić information content (AvgIpc) is 2.44. The van der Waals surface area contributed by atoms with Crippen molar-refractivity contribution in [3.8, 4) is 0 Å². The Kier molecular flexibility index (Phi) is 2.00. The molecule has 0 aromatic carbocycles. The summed E-state index contributed by atoms with van der Waals surface area (Å²) in [6.45, 7) is 2.73. The molecule has 0 fully saturated rings. The van der Waals surface area contributed by atoms with Crippen molar-refractivity contribution in [1.29, 1.82) is 0 Å². The molecular formula is C8H12N2OS. The summed E-state index contributed by atoms with van der Waals surface area (Å²) in [6.07, 6.45) is 1.02. The smallest absolute Gasteiger partial charge is 0.270 e. The van der Waals surface area contributed by atoms with Gasteiger partial charge >= 0.3 is 0 Å². The van der Waals surface area contributed by atoms with E-state index in [2.05, 4.69) is 5.10 Å². The van der Waals surface area contributed by atoms with Crippen LogP contribution in [0.3, 0.4) is 0 Å². The van der Waals surface area contributed by atoms with Crippen molar-refractivity contribution in [3.63, 3.8) is 0 Å². The minimum Gasteiger partial charge on any atom is -0.299 e. The van der Waals surface area contributed by atoms with Crippen molar-refractivity contribution in [2.45, 2.75) is 25.6 Å². The Morgan fingerprint density at radius 3 is 3.17 bits per heavy atom. The van der Waals surface area contributed by atoms with Gasteiger partial charge in [-0.3, -0.25) is 14.6 Å². The molecule has 0 atom stereocenters. The first kappa shape index (κ1) is 7.98. The summed E-state index contributed by atoms with van der Waals surface area (Å²) in [7, 11) is 0. The molecule has 1 N–H and O–H groups in total. The molecule has 12 heavy (non-hydrogen) atoms. The third kappa shape index (κ3) is 1.10. The number of aromatic amines is 1. The van der Waals surface area contributed by atoms with Crippen LogP contribution in [0.15, 0.2) is 4.79 Å². The van der Waals surface area contributed by atoms with Gasteiger partial charge in [0.25, 0.3) is 5.56 Å². The van der Waals surface area contributed by atoms with Crippen molar-refractivity contribution < 1.29 is 0 Å². The lowest BCUT2D eigenvalue weighted by molar-refractivity contribution is 0.629. The number of nitrogens with zero attached hydrogens (tertiary/aromatic N) is 1. The van der Waals surface area contributed by atoms with Gasteiger partial charge in [0.1, 0.15) is 0 Å². The molecule has 0 radical (unpaired) electrons. The Morgan fingerprint density at radius 2 is 2.50 bits per heavy atom. The van der Waals surface area contributed by atoms with Gasteiger partial charge in [-0.25, -0.2) is 0 Å². The number of aromatic nitrogens is 2. The Hall–Kier alpha value is -0.640. The molecule has 1 aromatic heterocycles. The largest absolute Gasteiger partial charge is 0.299 e. The lowest BCUT2D eigenvalue weighted by atomic mass is 10.2. The zero-order chi connectivity index (χ0) is 8.55. The lowest BCUT2D eigenvalue weighted by Gasteiger charge is -2.07. The third-order valence-corrected chi connectivity index (χ3v) is 3.18. The second-order valence-corrected chi connectivity index (χ2v) is 4.03. The first-order valence-electron chi connectivity index (χ1n) is 4.21. The maximum atomic E-state index is 11.6. The van der Waals surface area contributed by atoms with E-state index in [4.69, 9.17) is 0 Å². The van der Waals surface area contributed by atoms with Crippen LogP contribution in [0.2, 0.25) is 0 Å². The molecule has 66 valence electrons. The monoisotopic (exact) mass is 184 g/mol. The molecule has 0 spiro atoms. The fraction of sp³-hybridized carbons (Fsp3) is 0.625.